The van der Waals surface area contributed by atoms with E-state index in [-0.39, 0.29) is 0 Å². The molecule has 0 atom stereocenters. The monoisotopic (exact) mass is 264 g/mol. The molecule has 0 aliphatic rings. The molecule has 0 saturated carbocycles. The van der Waals surface area contributed by atoms with E-state index in [0.717, 1.165) is 0 Å². The molecule has 0 radical (unpaired) electrons. The van der Waals surface area contributed by atoms with Crippen molar-refractivity contribution < 1.29 is 24.8 Å². The molecule has 0 bridgehead atoms. The first-order chi connectivity index (χ1) is 8.27. The molecule has 112 valence electrons. The Morgan fingerprint density at radius 3 is 1.11 bits per heavy atom. The zero-order valence-corrected chi connectivity index (χ0v) is 13.0. The molecule has 0 aliphatic heterocycles. The third-order valence-electron chi connectivity index (χ3n) is 2.06. The molecule has 0 spiro atoms. The quantitative estimate of drug-likeness (QED) is 0.553. The summed E-state index contributed by atoms with van der Waals surface area (Å²) >= 11 is 0. The van der Waals surface area contributed by atoms with Crippen LogP contribution in [0, 0.1) is 0 Å². The first-order valence-corrected chi connectivity index (χ1v) is 6.73. The van der Waals surface area contributed by atoms with Gasteiger partial charge in [0.2, 0.25) is 0 Å². The van der Waals surface area contributed by atoms with Crippen molar-refractivity contribution in [1.82, 2.24) is 0 Å². The lowest BCUT2D eigenvalue weighted by molar-refractivity contribution is -0.858. The van der Waals surface area contributed by atoms with Crippen LogP contribution >= 0.6 is 0 Å². The third kappa shape index (κ3) is 59.2. The molecule has 0 aliphatic carbocycles. The van der Waals surface area contributed by atoms with Crippen LogP contribution in [-0.2, 0) is 0 Å². The SMILES string of the molecule is CCCC[NH+](C)C.CCCC[NH+](C)C.O=C([O-])[O-]. The van der Waals surface area contributed by atoms with Gasteiger partial charge in [0.15, 0.2) is 0 Å². The third-order valence-corrected chi connectivity index (χ3v) is 2.06. The highest BCUT2D eigenvalue weighted by Crippen LogP contribution is 1.77. The Bertz CT molecular complexity index is 146. The Hall–Kier alpha value is -0.810. The fourth-order valence-corrected chi connectivity index (χ4v) is 1.06. The molecular weight excluding hydrogens is 232 g/mol. The van der Waals surface area contributed by atoms with Gasteiger partial charge in [-0.3, -0.25) is 0 Å². The molecule has 0 aromatic rings. The van der Waals surface area contributed by atoms with Gasteiger partial charge in [0.1, 0.15) is 0 Å². The number of carbonyl (C=O) groups is 1. The second-order valence-corrected chi connectivity index (χ2v) is 4.87. The smallest absolute Gasteiger partial charge is 0.0766 e. The lowest BCUT2D eigenvalue weighted by Crippen LogP contribution is -3.05. The summed E-state index contributed by atoms with van der Waals surface area (Å²) in [5.74, 6) is 0. The second-order valence-electron chi connectivity index (χ2n) is 4.87. The van der Waals surface area contributed by atoms with Crippen LogP contribution < -0.4 is 20.0 Å². The highest BCUT2D eigenvalue weighted by molar-refractivity contribution is 5.47. The highest BCUT2D eigenvalue weighted by Gasteiger charge is 1.87. The van der Waals surface area contributed by atoms with E-state index in [1.165, 1.54) is 38.8 Å². The average molecular weight is 264 g/mol. The summed E-state index contributed by atoms with van der Waals surface area (Å²) in [7, 11) is 8.76. The zero-order valence-electron chi connectivity index (χ0n) is 13.0. The summed E-state index contributed by atoms with van der Waals surface area (Å²) < 4.78 is 0. The molecule has 0 aromatic heterocycles. The molecule has 0 heterocycles. The van der Waals surface area contributed by atoms with Crippen LogP contribution in [0.25, 0.3) is 0 Å². The summed E-state index contributed by atoms with van der Waals surface area (Å²) in [6.07, 6.45) is 3.04. The number of unbranched alkanes of at least 4 members (excludes halogenated alkanes) is 2. The molecule has 0 fully saturated rings. The minimum Gasteiger partial charge on any atom is -0.652 e. The molecule has 0 rings (SSSR count). The van der Waals surface area contributed by atoms with Crippen molar-refractivity contribution in [3.63, 3.8) is 0 Å². The van der Waals surface area contributed by atoms with Crippen molar-refractivity contribution in [2.75, 3.05) is 41.3 Å². The number of hydrogen-bond donors (Lipinski definition) is 2. The number of carbonyl (C=O) groups excluding carboxylic acids is 1. The molecule has 5 nitrogen and oxygen atoms in total. The van der Waals surface area contributed by atoms with Gasteiger partial charge in [-0.05, 0) is 19.0 Å². The Balaban J connectivity index is -0.000000196. The first-order valence-electron chi connectivity index (χ1n) is 6.73. The first kappa shape index (κ1) is 22.4. The fraction of sp³-hybridized carbons (Fsp3) is 0.923. The lowest BCUT2D eigenvalue weighted by atomic mass is 10.3. The van der Waals surface area contributed by atoms with E-state index < -0.39 is 6.16 Å². The van der Waals surface area contributed by atoms with Crippen molar-refractivity contribution in [3.8, 4) is 0 Å². The normalized spacial score (nSPS) is 9.33. The van der Waals surface area contributed by atoms with Gasteiger partial charge in [0.05, 0.1) is 41.3 Å². The minimum absolute atomic E-state index is 1.32. The maximum Gasteiger partial charge on any atom is 0.0766 e. The van der Waals surface area contributed by atoms with Crippen molar-refractivity contribution in [2.24, 2.45) is 0 Å². The van der Waals surface area contributed by atoms with Crippen LogP contribution in [0.5, 0.6) is 0 Å². The Labute approximate surface area is 112 Å². The molecule has 5 heteroatoms. The summed E-state index contributed by atoms with van der Waals surface area (Å²) in [5, 5.41) is 16.7. The number of carboxylic acid groups (broad SMARTS) is 2. The maximum atomic E-state index is 8.33. The van der Waals surface area contributed by atoms with Crippen molar-refractivity contribution in [3.05, 3.63) is 0 Å². The number of nitrogens with one attached hydrogen (secondary N) is 2. The van der Waals surface area contributed by atoms with Gasteiger partial charge in [-0.25, -0.2) is 0 Å². The topological polar surface area (TPSA) is 72.1 Å². The minimum atomic E-state index is -2.33. The number of quaternary nitrogens is 2. The van der Waals surface area contributed by atoms with Crippen molar-refractivity contribution >= 4 is 6.16 Å². The van der Waals surface area contributed by atoms with Crippen molar-refractivity contribution in [2.45, 2.75) is 39.5 Å². The van der Waals surface area contributed by atoms with Gasteiger partial charge in [0, 0.05) is 0 Å². The predicted molar refractivity (Wildman–Crippen MR) is 70.6 cm³/mol. The standard InChI is InChI=1S/2C6H15N.CH2O3/c2*1-4-5-6-7(2)3;2-1(3)4/h2*4-6H2,1-3H3;(H2,2,3,4). The second kappa shape index (κ2) is 18.6. The average Bonchev–Trinajstić information content (AvgIpc) is 2.23. The summed E-state index contributed by atoms with van der Waals surface area (Å²) in [4.78, 5) is 11.4. The van der Waals surface area contributed by atoms with Gasteiger partial charge in [-0.15, -0.1) is 0 Å². The predicted octanol–water partition coefficient (Wildman–Crippen LogP) is -2.58. The van der Waals surface area contributed by atoms with Crippen LogP contribution in [0.15, 0.2) is 0 Å². The largest absolute Gasteiger partial charge is 0.652 e. The number of hydrogen-bond acceptors (Lipinski definition) is 3. The van der Waals surface area contributed by atoms with Crippen LogP contribution in [0.2, 0.25) is 0 Å². The fourth-order valence-electron chi connectivity index (χ4n) is 1.06. The van der Waals surface area contributed by atoms with Crippen LogP contribution in [0.3, 0.4) is 0 Å². The van der Waals surface area contributed by atoms with E-state index in [2.05, 4.69) is 42.0 Å². The Morgan fingerprint density at radius 1 is 0.833 bits per heavy atom. The summed E-state index contributed by atoms with van der Waals surface area (Å²) in [5.41, 5.74) is 0. The molecule has 0 aromatic carbocycles. The Kier molecular flexibility index (Phi) is 23.1. The molecular formula is C13H32N2O3. The van der Waals surface area contributed by atoms with Gasteiger partial charge in [-0.2, -0.15) is 0 Å². The lowest BCUT2D eigenvalue weighted by Gasteiger charge is -2.03. The van der Waals surface area contributed by atoms with Gasteiger partial charge in [-0.1, -0.05) is 26.7 Å². The van der Waals surface area contributed by atoms with E-state index >= 15 is 0 Å². The van der Waals surface area contributed by atoms with Gasteiger partial charge in [0.25, 0.3) is 0 Å². The van der Waals surface area contributed by atoms with Crippen LogP contribution in [0.4, 0.5) is 4.79 Å². The molecule has 18 heavy (non-hydrogen) atoms. The Morgan fingerprint density at radius 2 is 1.06 bits per heavy atom. The number of rotatable bonds is 6. The van der Waals surface area contributed by atoms with Crippen molar-refractivity contribution in [1.29, 1.82) is 0 Å². The highest BCUT2D eigenvalue weighted by atomic mass is 16.6. The summed E-state index contributed by atoms with van der Waals surface area (Å²) in [6.45, 7) is 7.08. The van der Waals surface area contributed by atoms with E-state index in [1.54, 1.807) is 9.80 Å². The maximum absolute atomic E-state index is 8.33. The van der Waals surface area contributed by atoms with E-state index in [9.17, 15) is 0 Å². The molecule has 0 saturated heterocycles. The molecule has 2 N–H and O–H groups in total. The van der Waals surface area contributed by atoms with E-state index in [0.29, 0.717) is 0 Å². The van der Waals surface area contributed by atoms with Gasteiger partial charge < -0.3 is 24.8 Å². The molecule has 0 amide bonds. The van der Waals surface area contributed by atoms with Crippen LogP contribution in [0.1, 0.15) is 39.5 Å². The van der Waals surface area contributed by atoms with E-state index in [1.807, 2.05) is 0 Å². The molecule has 0 unspecified atom stereocenters. The summed E-state index contributed by atoms with van der Waals surface area (Å²) in [6, 6.07) is 0. The zero-order chi connectivity index (χ0) is 15.0. The van der Waals surface area contributed by atoms with Crippen LogP contribution in [-0.4, -0.2) is 47.4 Å². The van der Waals surface area contributed by atoms with Gasteiger partial charge >= 0.3 is 0 Å². The van der Waals surface area contributed by atoms with E-state index in [4.69, 9.17) is 15.0 Å².